The summed E-state index contributed by atoms with van der Waals surface area (Å²) in [7, 11) is 0. The molecule has 2 heterocycles. The Kier molecular flexibility index (Phi) is 6.55. The first-order chi connectivity index (χ1) is 16.9. The molecule has 3 aromatic carbocycles. The van der Waals surface area contributed by atoms with Crippen LogP contribution in [0.3, 0.4) is 0 Å². The zero-order valence-electron chi connectivity index (χ0n) is 18.0. The molecule has 0 spiro atoms. The molecule has 0 aliphatic heterocycles. The van der Waals surface area contributed by atoms with Crippen molar-refractivity contribution < 1.29 is 13.6 Å². The SMILES string of the molecule is O=C(NC(=S)Nc1ccc(Cc2nc3cc(Cl)ccc3o2)cc1)c1ccc(-c2ccc(Cl)cc2)o1. The second kappa shape index (κ2) is 9.92. The predicted octanol–water partition coefficient (Wildman–Crippen LogP) is 7.11. The third-order valence-electron chi connectivity index (χ3n) is 5.15. The van der Waals surface area contributed by atoms with Crippen LogP contribution < -0.4 is 10.6 Å². The van der Waals surface area contributed by atoms with Crippen LogP contribution in [0.25, 0.3) is 22.4 Å². The van der Waals surface area contributed by atoms with Gasteiger partial charge in [-0.1, -0.05) is 35.3 Å². The van der Waals surface area contributed by atoms with Gasteiger partial charge in [0, 0.05) is 27.7 Å². The molecular weight excluding hydrogens is 505 g/mol. The molecule has 0 aliphatic carbocycles. The standard InChI is InChI=1S/C26H17Cl2N3O3S/c27-17-5-3-16(4-6-17)21-11-12-23(33-21)25(32)31-26(35)29-19-8-1-15(2-9-19)13-24-30-20-14-18(28)7-10-22(20)34-24/h1-12,14H,13H2,(H2,29,31,32,35). The summed E-state index contributed by atoms with van der Waals surface area (Å²) < 4.78 is 11.4. The second-order valence-electron chi connectivity index (χ2n) is 7.67. The van der Waals surface area contributed by atoms with E-state index in [1.165, 1.54) is 0 Å². The summed E-state index contributed by atoms with van der Waals surface area (Å²) >= 11 is 17.2. The van der Waals surface area contributed by atoms with E-state index in [1.54, 1.807) is 42.5 Å². The molecule has 0 saturated carbocycles. The van der Waals surface area contributed by atoms with Crippen LogP contribution in [0.5, 0.6) is 0 Å². The van der Waals surface area contributed by atoms with Gasteiger partial charge in [0.15, 0.2) is 22.3 Å². The van der Waals surface area contributed by atoms with E-state index in [0.29, 0.717) is 33.7 Å². The molecule has 2 N–H and O–H groups in total. The number of nitrogens with one attached hydrogen (secondary N) is 2. The topological polar surface area (TPSA) is 80.3 Å². The lowest BCUT2D eigenvalue weighted by molar-refractivity contribution is 0.0951. The van der Waals surface area contributed by atoms with Crippen molar-refractivity contribution in [2.75, 3.05) is 5.32 Å². The Hall–Kier alpha value is -3.65. The molecule has 0 unspecified atom stereocenters. The number of furan rings is 1. The number of oxazole rings is 1. The van der Waals surface area contributed by atoms with Crippen LogP contribution in [0, 0.1) is 0 Å². The van der Waals surface area contributed by atoms with E-state index in [0.717, 1.165) is 22.3 Å². The van der Waals surface area contributed by atoms with E-state index in [4.69, 9.17) is 44.3 Å². The molecule has 35 heavy (non-hydrogen) atoms. The maximum atomic E-state index is 12.5. The predicted molar refractivity (Wildman–Crippen MR) is 141 cm³/mol. The fourth-order valence-corrected chi connectivity index (χ4v) is 3.96. The van der Waals surface area contributed by atoms with Gasteiger partial charge in [-0.3, -0.25) is 10.1 Å². The molecule has 0 atom stereocenters. The lowest BCUT2D eigenvalue weighted by Gasteiger charge is -2.09. The molecule has 0 bridgehead atoms. The first-order valence-corrected chi connectivity index (χ1v) is 11.7. The third kappa shape index (κ3) is 5.54. The number of amides is 1. The van der Waals surface area contributed by atoms with Crippen molar-refractivity contribution in [2.45, 2.75) is 6.42 Å². The number of nitrogens with zero attached hydrogens (tertiary/aromatic N) is 1. The van der Waals surface area contributed by atoms with Gasteiger partial charge in [0.25, 0.3) is 5.91 Å². The Bertz CT molecular complexity index is 1530. The number of benzene rings is 3. The normalized spacial score (nSPS) is 10.9. The number of anilines is 1. The highest BCUT2D eigenvalue weighted by molar-refractivity contribution is 7.80. The van der Waals surface area contributed by atoms with Gasteiger partial charge >= 0.3 is 0 Å². The van der Waals surface area contributed by atoms with Crippen LogP contribution in [0.2, 0.25) is 10.0 Å². The third-order valence-corrected chi connectivity index (χ3v) is 5.84. The molecule has 6 nitrogen and oxygen atoms in total. The summed E-state index contributed by atoms with van der Waals surface area (Å²) in [5.74, 6) is 0.856. The Labute approximate surface area is 215 Å². The smallest absolute Gasteiger partial charge is 0.293 e. The summed E-state index contributed by atoms with van der Waals surface area (Å²) in [5.41, 5.74) is 3.97. The fraction of sp³-hybridized carbons (Fsp3) is 0.0385. The van der Waals surface area contributed by atoms with E-state index in [1.807, 2.05) is 36.4 Å². The van der Waals surface area contributed by atoms with Gasteiger partial charge in [0.1, 0.15) is 11.3 Å². The number of carbonyl (C=O) groups is 1. The lowest BCUT2D eigenvalue weighted by Crippen LogP contribution is -2.33. The number of fused-ring (bicyclic) bond motifs is 1. The fourth-order valence-electron chi connectivity index (χ4n) is 3.46. The van der Waals surface area contributed by atoms with Gasteiger partial charge in [0.2, 0.25) is 0 Å². The van der Waals surface area contributed by atoms with Gasteiger partial charge < -0.3 is 14.2 Å². The minimum atomic E-state index is -0.449. The zero-order valence-corrected chi connectivity index (χ0v) is 20.4. The van der Waals surface area contributed by atoms with Gasteiger partial charge in [-0.05, 0) is 84.5 Å². The Balaban J connectivity index is 1.17. The highest BCUT2D eigenvalue weighted by atomic mass is 35.5. The molecule has 0 fully saturated rings. The Morgan fingerprint density at radius 2 is 1.63 bits per heavy atom. The molecule has 174 valence electrons. The molecule has 9 heteroatoms. The monoisotopic (exact) mass is 521 g/mol. The van der Waals surface area contributed by atoms with Crippen molar-refractivity contribution in [3.05, 3.63) is 106 Å². The van der Waals surface area contributed by atoms with E-state index < -0.39 is 5.91 Å². The molecule has 0 aliphatic rings. The highest BCUT2D eigenvalue weighted by Gasteiger charge is 2.14. The van der Waals surface area contributed by atoms with Crippen molar-refractivity contribution >= 4 is 63.2 Å². The zero-order chi connectivity index (χ0) is 24.4. The van der Waals surface area contributed by atoms with Gasteiger partial charge in [-0.2, -0.15) is 0 Å². The van der Waals surface area contributed by atoms with Crippen LogP contribution in [-0.2, 0) is 6.42 Å². The van der Waals surface area contributed by atoms with E-state index in [-0.39, 0.29) is 10.9 Å². The molecule has 0 radical (unpaired) electrons. The Morgan fingerprint density at radius 3 is 2.40 bits per heavy atom. The van der Waals surface area contributed by atoms with Crippen LogP contribution in [0.4, 0.5) is 5.69 Å². The van der Waals surface area contributed by atoms with E-state index in [2.05, 4.69) is 15.6 Å². The maximum Gasteiger partial charge on any atom is 0.293 e. The summed E-state index contributed by atoms with van der Waals surface area (Å²) in [5, 5.41) is 7.01. The van der Waals surface area contributed by atoms with E-state index in [9.17, 15) is 4.79 Å². The lowest BCUT2D eigenvalue weighted by atomic mass is 10.1. The number of carbonyl (C=O) groups excluding carboxylic acids is 1. The number of hydrogen-bond acceptors (Lipinski definition) is 5. The number of rotatable bonds is 5. The van der Waals surface area contributed by atoms with Crippen molar-refractivity contribution in [1.29, 1.82) is 0 Å². The number of hydrogen-bond donors (Lipinski definition) is 2. The van der Waals surface area contributed by atoms with Crippen LogP contribution >= 0.6 is 35.4 Å². The average molecular weight is 522 g/mol. The van der Waals surface area contributed by atoms with Crippen LogP contribution in [-0.4, -0.2) is 16.0 Å². The quantitative estimate of drug-likeness (QED) is 0.240. The van der Waals surface area contributed by atoms with Crippen LogP contribution in [0.1, 0.15) is 22.0 Å². The van der Waals surface area contributed by atoms with Crippen molar-refractivity contribution in [1.82, 2.24) is 10.3 Å². The summed E-state index contributed by atoms with van der Waals surface area (Å²) in [6.45, 7) is 0. The Morgan fingerprint density at radius 1 is 0.886 bits per heavy atom. The number of thiocarbonyl (C=S) groups is 1. The second-order valence-corrected chi connectivity index (χ2v) is 8.95. The largest absolute Gasteiger partial charge is 0.451 e. The molecule has 1 amide bonds. The van der Waals surface area contributed by atoms with Crippen molar-refractivity contribution in [2.24, 2.45) is 0 Å². The van der Waals surface area contributed by atoms with Crippen molar-refractivity contribution in [3.8, 4) is 11.3 Å². The molecule has 2 aromatic heterocycles. The summed E-state index contributed by atoms with van der Waals surface area (Å²) in [6, 6.07) is 23.4. The van der Waals surface area contributed by atoms with Gasteiger partial charge in [-0.15, -0.1) is 0 Å². The molecule has 0 saturated heterocycles. The number of halogens is 2. The van der Waals surface area contributed by atoms with Crippen LogP contribution in [0.15, 0.2) is 87.7 Å². The van der Waals surface area contributed by atoms with Gasteiger partial charge in [0.05, 0.1) is 0 Å². The molecule has 5 aromatic rings. The first-order valence-electron chi connectivity index (χ1n) is 10.5. The first kappa shape index (κ1) is 23.1. The number of aromatic nitrogens is 1. The minimum absolute atomic E-state index is 0.147. The van der Waals surface area contributed by atoms with Gasteiger partial charge in [-0.25, -0.2) is 4.98 Å². The highest BCUT2D eigenvalue weighted by Crippen LogP contribution is 2.24. The van der Waals surface area contributed by atoms with E-state index >= 15 is 0 Å². The maximum absolute atomic E-state index is 12.5. The summed E-state index contributed by atoms with van der Waals surface area (Å²) in [6.07, 6.45) is 0.530. The molecular formula is C26H17Cl2N3O3S. The minimum Gasteiger partial charge on any atom is -0.451 e. The molecule has 5 rings (SSSR count). The summed E-state index contributed by atoms with van der Waals surface area (Å²) in [4.78, 5) is 17.0. The average Bonchev–Trinajstić information content (AvgIpc) is 3.48. The van der Waals surface area contributed by atoms with Crippen molar-refractivity contribution in [3.63, 3.8) is 0 Å².